The Balaban J connectivity index is 1.78. The van der Waals surface area contributed by atoms with Gasteiger partial charge in [0.15, 0.2) is 0 Å². The molecule has 3 unspecified atom stereocenters. The van der Waals surface area contributed by atoms with Crippen molar-refractivity contribution in [1.29, 1.82) is 0 Å². The number of carbonyl (C=O) groups excluding carboxylic acids is 1. The number of nitrogens with one attached hydrogen (secondary N) is 1. The van der Waals surface area contributed by atoms with Crippen LogP contribution in [0.25, 0.3) is 0 Å². The lowest BCUT2D eigenvalue weighted by molar-refractivity contribution is -0.384. The molecule has 2 aliphatic carbocycles. The maximum atomic E-state index is 12.6. The molecular formula is C17H21ClN2O3. The van der Waals surface area contributed by atoms with Crippen molar-refractivity contribution in [3.05, 3.63) is 38.9 Å². The number of rotatable bonds is 3. The van der Waals surface area contributed by atoms with Crippen LogP contribution in [0.2, 0.25) is 5.02 Å². The number of hydrogen-bond donors (Lipinski definition) is 1. The van der Waals surface area contributed by atoms with Gasteiger partial charge in [-0.1, -0.05) is 31.4 Å². The average molecular weight is 337 g/mol. The molecule has 2 fully saturated rings. The molecule has 0 aliphatic heterocycles. The molecule has 1 N–H and O–H groups in total. The van der Waals surface area contributed by atoms with E-state index in [2.05, 4.69) is 12.2 Å². The monoisotopic (exact) mass is 336 g/mol. The Hall–Kier alpha value is -1.62. The molecule has 3 rings (SSSR count). The van der Waals surface area contributed by atoms with Crippen LogP contribution >= 0.6 is 11.6 Å². The minimum Gasteiger partial charge on any atom is -0.347 e. The standard InChI is InChI=1S/C17H21ClN2O3/c1-11-7-12-3-2-6-17(9-11,10-12)19-16(21)13-4-5-15(20(22)23)14(18)8-13/h4-5,8,11-12H,2-3,6-7,9-10H2,1H3,(H,19,21). The first-order valence-corrected chi connectivity index (χ1v) is 8.53. The summed E-state index contributed by atoms with van der Waals surface area (Å²) in [5.74, 6) is 1.14. The summed E-state index contributed by atoms with van der Waals surface area (Å²) in [6, 6.07) is 4.16. The summed E-state index contributed by atoms with van der Waals surface area (Å²) in [5, 5.41) is 14.0. The predicted molar refractivity (Wildman–Crippen MR) is 88.7 cm³/mol. The lowest BCUT2D eigenvalue weighted by Crippen LogP contribution is -2.54. The van der Waals surface area contributed by atoms with E-state index in [9.17, 15) is 14.9 Å². The molecule has 0 radical (unpaired) electrons. The maximum absolute atomic E-state index is 12.6. The summed E-state index contributed by atoms with van der Waals surface area (Å²) in [4.78, 5) is 22.9. The third kappa shape index (κ3) is 3.34. The number of benzene rings is 1. The Morgan fingerprint density at radius 3 is 2.91 bits per heavy atom. The number of fused-ring (bicyclic) bond motifs is 2. The average Bonchev–Trinajstić information content (AvgIpc) is 2.45. The van der Waals surface area contributed by atoms with Crippen molar-refractivity contribution in [1.82, 2.24) is 5.32 Å². The highest BCUT2D eigenvalue weighted by Crippen LogP contribution is 2.45. The third-order valence-electron chi connectivity index (χ3n) is 5.21. The van der Waals surface area contributed by atoms with E-state index in [0.717, 1.165) is 25.7 Å². The maximum Gasteiger partial charge on any atom is 0.287 e. The van der Waals surface area contributed by atoms with Crippen molar-refractivity contribution in [2.24, 2.45) is 11.8 Å². The molecule has 1 aromatic carbocycles. The lowest BCUT2D eigenvalue weighted by atomic mass is 9.64. The number of amides is 1. The number of hydrogen-bond acceptors (Lipinski definition) is 3. The van der Waals surface area contributed by atoms with Gasteiger partial charge in [-0.2, -0.15) is 0 Å². The van der Waals surface area contributed by atoms with Crippen molar-refractivity contribution in [2.75, 3.05) is 0 Å². The largest absolute Gasteiger partial charge is 0.347 e. The van der Waals surface area contributed by atoms with E-state index in [4.69, 9.17) is 11.6 Å². The zero-order valence-electron chi connectivity index (χ0n) is 13.2. The van der Waals surface area contributed by atoms with E-state index in [1.807, 2.05) is 0 Å². The molecule has 5 nitrogen and oxygen atoms in total. The van der Waals surface area contributed by atoms with Gasteiger partial charge in [0.1, 0.15) is 5.02 Å². The smallest absolute Gasteiger partial charge is 0.287 e. The van der Waals surface area contributed by atoms with Gasteiger partial charge in [0.25, 0.3) is 11.6 Å². The molecule has 6 heteroatoms. The summed E-state index contributed by atoms with van der Waals surface area (Å²) in [6.45, 7) is 2.25. The zero-order chi connectivity index (χ0) is 16.6. The highest BCUT2D eigenvalue weighted by atomic mass is 35.5. The summed E-state index contributed by atoms with van der Waals surface area (Å²) in [7, 11) is 0. The normalized spacial score (nSPS) is 29.8. The van der Waals surface area contributed by atoms with Crippen molar-refractivity contribution in [3.63, 3.8) is 0 Å². The van der Waals surface area contributed by atoms with E-state index < -0.39 is 4.92 Å². The molecule has 124 valence electrons. The van der Waals surface area contributed by atoms with Crippen LogP contribution in [-0.4, -0.2) is 16.4 Å². The van der Waals surface area contributed by atoms with Crippen molar-refractivity contribution in [2.45, 2.75) is 51.0 Å². The van der Waals surface area contributed by atoms with E-state index in [0.29, 0.717) is 17.4 Å². The van der Waals surface area contributed by atoms with E-state index in [-0.39, 0.29) is 22.2 Å². The fourth-order valence-electron chi connectivity index (χ4n) is 4.47. The summed E-state index contributed by atoms with van der Waals surface area (Å²) in [5.41, 5.74) is 0.0899. The molecule has 2 aliphatic rings. The van der Waals surface area contributed by atoms with Gasteiger partial charge in [0.05, 0.1) is 4.92 Å². The minimum atomic E-state index is -0.544. The fourth-order valence-corrected chi connectivity index (χ4v) is 4.72. The molecule has 1 aromatic rings. The first kappa shape index (κ1) is 16.2. The van der Waals surface area contributed by atoms with E-state index in [1.54, 1.807) is 0 Å². The van der Waals surface area contributed by atoms with Crippen LogP contribution in [0.1, 0.15) is 55.8 Å². The van der Waals surface area contributed by atoms with Crippen LogP contribution in [0.5, 0.6) is 0 Å². The van der Waals surface area contributed by atoms with Crippen molar-refractivity contribution in [3.8, 4) is 0 Å². The molecular weight excluding hydrogens is 316 g/mol. The second-order valence-corrected chi connectivity index (χ2v) is 7.57. The van der Waals surface area contributed by atoms with Crippen LogP contribution in [-0.2, 0) is 0 Å². The Morgan fingerprint density at radius 1 is 1.43 bits per heavy atom. The van der Waals surface area contributed by atoms with Gasteiger partial charge in [-0.05, 0) is 49.7 Å². The summed E-state index contributed by atoms with van der Waals surface area (Å²) < 4.78 is 0. The summed E-state index contributed by atoms with van der Waals surface area (Å²) >= 11 is 5.92. The topological polar surface area (TPSA) is 72.2 Å². The quantitative estimate of drug-likeness (QED) is 0.659. The van der Waals surface area contributed by atoms with Crippen LogP contribution in [0.3, 0.4) is 0 Å². The number of nitro benzene ring substituents is 1. The van der Waals surface area contributed by atoms with Gasteiger partial charge in [-0.25, -0.2) is 0 Å². The van der Waals surface area contributed by atoms with Crippen LogP contribution in [0.4, 0.5) is 5.69 Å². The molecule has 0 heterocycles. The van der Waals surface area contributed by atoms with Gasteiger partial charge in [0.2, 0.25) is 0 Å². The molecule has 1 amide bonds. The molecule has 23 heavy (non-hydrogen) atoms. The first-order chi connectivity index (χ1) is 10.9. The second kappa shape index (κ2) is 6.11. The van der Waals surface area contributed by atoms with Gasteiger partial charge in [0, 0.05) is 17.2 Å². The molecule has 2 bridgehead atoms. The molecule has 0 spiro atoms. The van der Waals surface area contributed by atoms with Crippen LogP contribution < -0.4 is 5.32 Å². The number of carbonyl (C=O) groups is 1. The summed E-state index contributed by atoms with van der Waals surface area (Å²) in [6.07, 6.45) is 6.73. The van der Waals surface area contributed by atoms with Gasteiger partial charge >= 0.3 is 0 Å². The van der Waals surface area contributed by atoms with Crippen molar-refractivity contribution < 1.29 is 9.72 Å². The van der Waals surface area contributed by atoms with Crippen LogP contribution in [0.15, 0.2) is 18.2 Å². The second-order valence-electron chi connectivity index (χ2n) is 7.17. The Kier molecular flexibility index (Phi) is 4.32. The van der Waals surface area contributed by atoms with Gasteiger partial charge in [-0.15, -0.1) is 0 Å². The lowest BCUT2D eigenvalue weighted by Gasteiger charge is -2.48. The molecule has 0 aromatic heterocycles. The molecule has 2 saturated carbocycles. The number of halogens is 1. The highest BCUT2D eigenvalue weighted by Gasteiger charge is 2.42. The number of nitrogens with zero attached hydrogens (tertiary/aromatic N) is 1. The zero-order valence-corrected chi connectivity index (χ0v) is 13.9. The predicted octanol–water partition coefficient (Wildman–Crippen LogP) is 4.34. The minimum absolute atomic E-state index is 0.00122. The molecule has 0 saturated heterocycles. The van der Waals surface area contributed by atoms with Crippen molar-refractivity contribution >= 4 is 23.2 Å². The van der Waals surface area contributed by atoms with E-state index in [1.165, 1.54) is 31.0 Å². The fraction of sp³-hybridized carbons (Fsp3) is 0.588. The SMILES string of the molecule is CC1CC2CCCC(NC(=O)c3ccc([N+](=O)[O-])c(Cl)c3)(C1)C2. The third-order valence-corrected chi connectivity index (χ3v) is 5.51. The van der Waals surface area contributed by atoms with Gasteiger partial charge in [-0.3, -0.25) is 14.9 Å². The number of nitro groups is 1. The Bertz CT molecular complexity index is 645. The van der Waals surface area contributed by atoms with Gasteiger partial charge < -0.3 is 5.32 Å². The Morgan fingerprint density at radius 2 is 2.22 bits per heavy atom. The Labute approximate surface area is 140 Å². The molecule has 3 atom stereocenters. The first-order valence-electron chi connectivity index (χ1n) is 8.15. The van der Waals surface area contributed by atoms with Crippen LogP contribution in [0, 0.1) is 22.0 Å². The highest BCUT2D eigenvalue weighted by molar-refractivity contribution is 6.33. The van der Waals surface area contributed by atoms with E-state index >= 15 is 0 Å².